The highest BCUT2D eigenvalue weighted by Crippen LogP contribution is 2.39. The van der Waals surface area contributed by atoms with Gasteiger partial charge >= 0.3 is 0 Å². The molecule has 1 N–H and O–H groups in total. The maximum absolute atomic E-state index is 11.0. The third kappa shape index (κ3) is 4.62. The minimum absolute atomic E-state index is 0.615. The Balaban J connectivity index is 2.11. The lowest BCUT2D eigenvalue weighted by Gasteiger charge is -2.38. The molecule has 1 aromatic carbocycles. The van der Waals surface area contributed by atoms with Crippen LogP contribution >= 0.6 is 11.6 Å². The van der Waals surface area contributed by atoms with Crippen LogP contribution in [0.15, 0.2) is 18.2 Å². The van der Waals surface area contributed by atoms with Gasteiger partial charge in [0.05, 0.1) is 12.7 Å². The monoisotopic (exact) mass is 310 g/mol. The van der Waals surface area contributed by atoms with Crippen molar-refractivity contribution < 1.29 is 9.84 Å². The second-order valence-electron chi connectivity index (χ2n) is 6.95. The van der Waals surface area contributed by atoms with Gasteiger partial charge in [0.2, 0.25) is 0 Å². The van der Waals surface area contributed by atoms with Gasteiger partial charge < -0.3 is 9.84 Å². The summed E-state index contributed by atoms with van der Waals surface area (Å²) in [4.78, 5) is 0. The number of methoxy groups -OCH3 is 1. The van der Waals surface area contributed by atoms with Crippen LogP contribution in [-0.2, 0) is 6.42 Å². The van der Waals surface area contributed by atoms with Crippen molar-refractivity contribution in [2.75, 3.05) is 7.11 Å². The molecule has 1 saturated carbocycles. The molecule has 2 atom stereocenters. The molecule has 0 aliphatic heterocycles. The summed E-state index contributed by atoms with van der Waals surface area (Å²) in [6, 6.07) is 5.64. The minimum Gasteiger partial charge on any atom is -0.496 e. The van der Waals surface area contributed by atoms with Crippen molar-refractivity contribution in [3.8, 4) is 5.75 Å². The lowest BCUT2D eigenvalue weighted by atomic mass is 9.73. The summed E-state index contributed by atoms with van der Waals surface area (Å²) in [5, 5.41) is 11.7. The molecular weight excluding hydrogens is 284 g/mol. The molecule has 3 heteroatoms. The van der Waals surface area contributed by atoms with Crippen LogP contribution in [0.5, 0.6) is 5.75 Å². The Morgan fingerprint density at radius 1 is 1.43 bits per heavy atom. The van der Waals surface area contributed by atoms with E-state index in [0.717, 1.165) is 30.6 Å². The zero-order valence-electron chi connectivity index (χ0n) is 13.4. The normalized spacial score (nSPS) is 26.1. The van der Waals surface area contributed by atoms with E-state index >= 15 is 0 Å². The first-order valence-corrected chi connectivity index (χ1v) is 8.34. The van der Waals surface area contributed by atoms with Gasteiger partial charge in [-0.15, -0.1) is 0 Å². The Bertz CT molecular complexity index is 472. The van der Waals surface area contributed by atoms with E-state index < -0.39 is 5.60 Å². The first kappa shape index (κ1) is 16.6. The second-order valence-corrected chi connectivity index (χ2v) is 7.39. The van der Waals surface area contributed by atoms with Crippen molar-refractivity contribution in [2.24, 2.45) is 11.8 Å². The molecule has 118 valence electrons. The average molecular weight is 311 g/mol. The highest BCUT2D eigenvalue weighted by molar-refractivity contribution is 6.30. The molecule has 0 heterocycles. The van der Waals surface area contributed by atoms with Gasteiger partial charge in [0, 0.05) is 11.4 Å². The number of aliphatic hydroxyl groups is 1. The molecule has 2 rings (SSSR count). The summed E-state index contributed by atoms with van der Waals surface area (Å²) in [5.74, 6) is 2.14. The van der Waals surface area contributed by atoms with Crippen LogP contribution < -0.4 is 4.74 Å². The largest absolute Gasteiger partial charge is 0.496 e. The standard InChI is InChI=1S/C18H27ClO2/c1-13(2)9-14-5-4-8-18(20,11-14)12-15-10-16(19)6-7-17(15)21-3/h6-7,10,13-14,20H,4-5,8-9,11-12H2,1-3H3. The van der Waals surface area contributed by atoms with Gasteiger partial charge in [-0.1, -0.05) is 38.3 Å². The smallest absolute Gasteiger partial charge is 0.122 e. The van der Waals surface area contributed by atoms with Crippen LogP contribution in [-0.4, -0.2) is 17.8 Å². The Morgan fingerprint density at radius 3 is 2.86 bits per heavy atom. The van der Waals surface area contributed by atoms with Crippen LogP contribution in [0.2, 0.25) is 5.02 Å². The third-order valence-corrected chi connectivity index (χ3v) is 4.72. The fourth-order valence-electron chi connectivity index (χ4n) is 3.73. The molecule has 21 heavy (non-hydrogen) atoms. The number of hydrogen-bond acceptors (Lipinski definition) is 2. The SMILES string of the molecule is COc1ccc(Cl)cc1CC1(O)CCCC(CC(C)C)C1. The van der Waals surface area contributed by atoms with Crippen molar-refractivity contribution in [1.82, 2.24) is 0 Å². The van der Waals surface area contributed by atoms with Crippen molar-refractivity contribution >= 4 is 11.6 Å². The molecule has 1 aliphatic carbocycles. The fraction of sp³-hybridized carbons (Fsp3) is 0.667. The second kappa shape index (κ2) is 7.02. The molecule has 0 spiro atoms. The van der Waals surface area contributed by atoms with E-state index in [1.807, 2.05) is 18.2 Å². The van der Waals surface area contributed by atoms with Crippen molar-refractivity contribution in [1.29, 1.82) is 0 Å². The van der Waals surface area contributed by atoms with E-state index in [9.17, 15) is 5.11 Å². The van der Waals surface area contributed by atoms with Gasteiger partial charge in [-0.25, -0.2) is 0 Å². The van der Waals surface area contributed by atoms with Gasteiger partial charge in [0.1, 0.15) is 5.75 Å². The van der Waals surface area contributed by atoms with Gasteiger partial charge in [0.25, 0.3) is 0 Å². The highest BCUT2D eigenvalue weighted by Gasteiger charge is 2.35. The number of ether oxygens (including phenoxy) is 1. The lowest BCUT2D eigenvalue weighted by molar-refractivity contribution is -0.0192. The molecule has 2 unspecified atom stereocenters. The van der Waals surface area contributed by atoms with Gasteiger partial charge in [-0.05, 0) is 54.9 Å². The van der Waals surface area contributed by atoms with Crippen LogP contribution in [0.3, 0.4) is 0 Å². The number of halogens is 1. The maximum atomic E-state index is 11.0. The topological polar surface area (TPSA) is 29.5 Å². The molecule has 0 saturated heterocycles. The minimum atomic E-state index is -0.615. The van der Waals surface area contributed by atoms with Crippen LogP contribution in [0.1, 0.15) is 51.5 Å². The number of rotatable bonds is 5. The highest BCUT2D eigenvalue weighted by atomic mass is 35.5. The average Bonchev–Trinajstić information content (AvgIpc) is 2.37. The van der Waals surface area contributed by atoms with Gasteiger partial charge in [-0.2, -0.15) is 0 Å². The van der Waals surface area contributed by atoms with E-state index in [2.05, 4.69) is 13.8 Å². The molecule has 1 aromatic rings. The van der Waals surface area contributed by atoms with Crippen molar-refractivity contribution in [2.45, 2.75) is 58.0 Å². The molecule has 0 bridgehead atoms. The van der Waals surface area contributed by atoms with Crippen molar-refractivity contribution in [3.63, 3.8) is 0 Å². The predicted molar refractivity (Wildman–Crippen MR) is 88.1 cm³/mol. The van der Waals surface area contributed by atoms with Gasteiger partial charge in [0.15, 0.2) is 0 Å². The summed E-state index contributed by atoms with van der Waals surface area (Å²) in [6.07, 6.45) is 5.95. The summed E-state index contributed by atoms with van der Waals surface area (Å²) in [5.41, 5.74) is 0.396. The van der Waals surface area contributed by atoms with E-state index in [1.54, 1.807) is 7.11 Å². The van der Waals surface area contributed by atoms with E-state index in [0.29, 0.717) is 23.3 Å². The quantitative estimate of drug-likeness (QED) is 0.841. The van der Waals surface area contributed by atoms with E-state index in [4.69, 9.17) is 16.3 Å². The fourth-order valence-corrected chi connectivity index (χ4v) is 3.92. The first-order valence-electron chi connectivity index (χ1n) is 7.96. The molecule has 0 aromatic heterocycles. The van der Waals surface area contributed by atoms with E-state index in [1.165, 1.54) is 12.8 Å². The van der Waals surface area contributed by atoms with Crippen molar-refractivity contribution in [3.05, 3.63) is 28.8 Å². The van der Waals surface area contributed by atoms with E-state index in [-0.39, 0.29) is 0 Å². The lowest BCUT2D eigenvalue weighted by Crippen LogP contribution is -2.37. The summed E-state index contributed by atoms with van der Waals surface area (Å²) in [6.45, 7) is 4.52. The van der Waals surface area contributed by atoms with Crippen LogP contribution in [0, 0.1) is 11.8 Å². The molecular formula is C18H27ClO2. The number of hydrogen-bond donors (Lipinski definition) is 1. The Morgan fingerprint density at radius 2 is 2.19 bits per heavy atom. The van der Waals surface area contributed by atoms with Gasteiger partial charge in [-0.3, -0.25) is 0 Å². The summed E-state index contributed by atoms with van der Waals surface area (Å²) < 4.78 is 5.41. The maximum Gasteiger partial charge on any atom is 0.122 e. The molecule has 0 radical (unpaired) electrons. The Hall–Kier alpha value is -0.730. The Labute approximate surface area is 133 Å². The van der Waals surface area contributed by atoms with Crippen LogP contribution in [0.25, 0.3) is 0 Å². The third-order valence-electron chi connectivity index (χ3n) is 4.49. The zero-order valence-corrected chi connectivity index (χ0v) is 14.1. The summed E-state index contributed by atoms with van der Waals surface area (Å²) >= 11 is 6.10. The first-order chi connectivity index (χ1) is 9.92. The molecule has 1 fully saturated rings. The van der Waals surface area contributed by atoms with Crippen LogP contribution in [0.4, 0.5) is 0 Å². The Kier molecular flexibility index (Phi) is 5.56. The molecule has 0 amide bonds. The predicted octanol–water partition coefficient (Wildman–Crippen LogP) is 4.86. The zero-order chi connectivity index (χ0) is 15.5. The number of benzene rings is 1. The molecule has 2 nitrogen and oxygen atoms in total. The summed E-state index contributed by atoms with van der Waals surface area (Å²) in [7, 11) is 1.67. The molecule has 1 aliphatic rings.